The largest absolute Gasteiger partial charge is 0.492 e. The molecule has 0 bridgehead atoms. The number of nitrogens with zero attached hydrogens (tertiary/aromatic N) is 1. The average molecular weight is 508 g/mol. The number of oxazole rings is 1. The summed E-state index contributed by atoms with van der Waals surface area (Å²) in [6.45, 7) is 6.73. The molecular weight excluding hydrogens is 482 g/mol. The van der Waals surface area contributed by atoms with Crippen molar-refractivity contribution in [2.24, 2.45) is 0 Å². The highest BCUT2D eigenvalue weighted by molar-refractivity contribution is 7.80. The number of carbonyl (C=O) groups excluding carboxylic acids is 1. The number of thiocarbonyl (C=S) groups is 1. The summed E-state index contributed by atoms with van der Waals surface area (Å²) in [5.74, 6) is 1.19. The van der Waals surface area contributed by atoms with Crippen molar-refractivity contribution < 1.29 is 13.9 Å². The van der Waals surface area contributed by atoms with E-state index in [0.717, 1.165) is 28.8 Å². The van der Waals surface area contributed by atoms with E-state index >= 15 is 0 Å². The normalized spacial score (nSPS) is 11.8. The minimum atomic E-state index is -0.368. The predicted molar refractivity (Wildman–Crippen MR) is 144 cm³/mol. The van der Waals surface area contributed by atoms with Gasteiger partial charge >= 0.3 is 0 Å². The van der Waals surface area contributed by atoms with Crippen LogP contribution in [0.1, 0.15) is 49.0 Å². The van der Waals surface area contributed by atoms with E-state index in [1.54, 1.807) is 18.2 Å². The van der Waals surface area contributed by atoms with Crippen LogP contribution in [-0.2, 0) is 0 Å². The van der Waals surface area contributed by atoms with Gasteiger partial charge in [0.2, 0.25) is 5.89 Å². The van der Waals surface area contributed by atoms with E-state index in [1.807, 2.05) is 37.3 Å². The number of fused-ring (bicyclic) bond motifs is 1. The van der Waals surface area contributed by atoms with Crippen molar-refractivity contribution in [1.82, 2.24) is 10.3 Å². The summed E-state index contributed by atoms with van der Waals surface area (Å²) in [4.78, 5) is 17.2. The lowest BCUT2D eigenvalue weighted by molar-refractivity contribution is 0.0977. The van der Waals surface area contributed by atoms with Crippen LogP contribution >= 0.6 is 23.8 Å². The summed E-state index contributed by atoms with van der Waals surface area (Å²) in [5, 5.41) is 6.21. The molecule has 4 aromatic rings. The predicted octanol–water partition coefficient (Wildman–Crippen LogP) is 7.19. The molecule has 2 N–H and O–H groups in total. The van der Waals surface area contributed by atoms with E-state index in [1.165, 1.54) is 5.56 Å². The van der Waals surface area contributed by atoms with E-state index in [-0.39, 0.29) is 11.0 Å². The van der Waals surface area contributed by atoms with Crippen molar-refractivity contribution in [1.29, 1.82) is 0 Å². The zero-order valence-corrected chi connectivity index (χ0v) is 21.3. The number of carbonyl (C=O) groups is 1. The number of amides is 1. The molecule has 0 saturated carbocycles. The standard InChI is InChI=1S/C27H26ClN3O3S/c1-4-16(3)18-8-13-24-22(15-18)30-26(34-24)17-6-10-20(11-7-17)29-27(35)31-25(32)19-9-12-23(33-5-2)21(28)14-19/h6-16H,4-5H2,1-3H3,(H2,29,31,32,35). The molecule has 0 saturated heterocycles. The van der Waals surface area contributed by atoms with Crippen molar-refractivity contribution in [2.75, 3.05) is 11.9 Å². The average Bonchev–Trinajstić information content (AvgIpc) is 3.28. The van der Waals surface area contributed by atoms with Gasteiger partial charge in [-0.05, 0) is 91.6 Å². The first-order valence-electron chi connectivity index (χ1n) is 11.4. The Bertz CT molecular complexity index is 1370. The molecule has 6 nitrogen and oxygen atoms in total. The van der Waals surface area contributed by atoms with Crippen molar-refractivity contribution >= 4 is 51.6 Å². The molecule has 4 rings (SSSR count). The van der Waals surface area contributed by atoms with E-state index < -0.39 is 0 Å². The second-order valence-electron chi connectivity index (χ2n) is 8.12. The van der Waals surface area contributed by atoms with Gasteiger partial charge in [0.05, 0.1) is 11.6 Å². The van der Waals surface area contributed by atoms with E-state index in [0.29, 0.717) is 34.8 Å². The molecule has 3 aromatic carbocycles. The summed E-state index contributed by atoms with van der Waals surface area (Å²) in [6.07, 6.45) is 1.07. The van der Waals surface area contributed by atoms with Crippen LogP contribution in [0.15, 0.2) is 65.1 Å². The lowest BCUT2D eigenvalue weighted by Crippen LogP contribution is -2.34. The highest BCUT2D eigenvalue weighted by Gasteiger charge is 2.13. The maximum atomic E-state index is 12.5. The van der Waals surface area contributed by atoms with E-state index in [2.05, 4.69) is 41.6 Å². The van der Waals surface area contributed by atoms with Gasteiger partial charge in [-0.15, -0.1) is 0 Å². The molecule has 180 valence electrons. The molecule has 0 radical (unpaired) electrons. The van der Waals surface area contributed by atoms with Gasteiger partial charge in [-0.1, -0.05) is 31.5 Å². The Hall–Kier alpha value is -3.42. The number of nitrogens with one attached hydrogen (secondary N) is 2. The third-order valence-electron chi connectivity index (χ3n) is 5.70. The molecule has 8 heteroatoms. The number of rotatable bonds is 7. The molecular formula is C27H26ClN3O3S. The lowest BCUT2D eigenvalue weighted by atomic mass is 9.98. The fourth-order valence-corrected chi connectivity index (χ4v) is 4.00. The van der Waals surface area contributed by atoms with Crippen molar-refractivity contribution in [3.05, 3.63) is 76.8 Å². The SMILES string of the molecule is CCOc1ccc(C(=O)NC(=S)Nc2ccc(-c3nc4cc(C(C)CC)ccc4o3)cc2)cc1Cl. The summed E-state index contributed by atoms with van der Waals surface area (Å²) < 4.78 is 11.3. The fraction of sp³-hybridized carbons (Fsp3) is 0.222. The maximum absolute atomic E-state index is 12.5. The monoisotopic (exact) mass is 507 g/mol. The van der Waals surface area contributed by atoms with Crippen LogP contribution < -0.4 is 15.4 Å². The Balaban J connectivity index is 1.40. The van der Waals surface area contributed by atoms with Gasteiger partial charge in [0, 0.05) is 16.8 Å². The van der Waals surface area contributed by atoms with Crippen LogP contribution in [0.4, 0.5) is 5.69 Å². The summed E-state index contributed by atoms with van der Waals surface area (Å²) in [5.41, 5.74) is 4.80. The number of hydrogen-bond acceptors (Lipinski definition) is 5. The second-order valence-corrected chi connectivity index (χ2v) is 8.93. The van der Waals surface area contributed by atoms with Crippen molar-refractivity contribution in [3.8, 4) is 17.2 Å². The van der Waals surface area contributed by atoms with Crippen LogP contribution in [0.2, 0.25) is 5.02 Å². The Morgan fingerprint density at radius 1 is 1.11 bits per heavy atom. The number of halogens is 1. The van der Waals surface area contributed by atoms with Crippen LogP contribution in [0, 0.1) is 0 Å². The molecule has 0 spiro atoms. The van der Waals surface area contributed by atoms with Crippen LogP contribution in [0.5, 0.6) is 5.75 Å². The van der Waals surface area contributed by atoms with Crippen molar-refractivity contribution in [3.63, 3.8) is 0 Å². The number of hydrogen-bond donors (Lipinski definition) is 2. The zero-order chi connectivity index (χ0) is 24.9. The second kappa shape index (κ2) is 10.9. The maximum Gasteiger partial charge on any atom is 0.257 e. The highest BCUT2D eigenvalue weighted by atomic mass is 35.5. The number of benzene rings is 3. The third-order valence-corrected chi connectivity index (χ3v) is 6.20. The lowest BCUT2D eigenvalue weighted by Gasteiger charge is -2.11. The Labute approximate surface area is 214 Å². The molecule has 0 aliphatic rings. The van der Waals surface area contributed by atoms with Crippen LogP contribution in [0.25, 0.3) is 22.6 Å². The quantitative estimate of drug-likeness (QED) is 0.258. The van der Waals surface area contributed by atoms with Crippen LogP contribution in [-0.4, -0.2) is 22.6 Å². The van der Waals surface area contributed by atoms with Gasteiger partial charge in [-0.3, -0.25) is 10.1 Å². The van der Waals surface area contributed by atoms with Gasteiger partial charge in [-0.25, -0.2) is 4.98 Å². The molecule has 1 aromatic heterocycles. The first kappa shape index (κ1) is 24.7. The first-order valence-corrected chi connectivity index (χ1v) is 12.2. The van der Waals surface area contributed by atoms with Gasteiger partial charge in [0.25, 0.3) is 5.91 Å². The molecule has 0 aliphatic carbocycles. The summed E-state index contributed by atoms with van der Waals surface area (Å²) >= 11 is 11.5. The van der Waals surface area contributed by atoms with E-state index in [9.17, 15) is 4.79 Å². The van der Waals surface area contributed by atoms with Gasteiger partial charge in [0.1, 0.15) is 11.3 Å². The summed E-state index contributed by atoms with van der Waals surface area (Å²) in [6, 6.07) is 18.5. The number of ether oxygens (including phenoxy) is 1. The molecule has 1 amide bonds. The Morgan fingerprint density at radius 2 is 1.89 bits per heavy atom. The van der Waals surface area contributed by atoms with Crippen molar-refractivity contribution in [2.45, 2.75) is 33.1 Å². The smallest absolute Gasteiger partial charge is 0.257 e. The minimum Gasteiger partial charge on any atom is -0.492 e. The highest BCUT2D eigenvalue weighted by Crippen LogP contribution is 2.29. The topological polar surface area (TPSA) is 76.4 Å². The molecule has 1 atom stereocenters. The molecule has 1 heterocycles. The molecule has 35 heavy (non-hydrogen) atoms. The van der Waals surface area contributed by atoms with Gasteiger partial charge < -0.3 is 14.5 Å². The minimum absolute atomic E-state index is 0.173. The number of aromatic nitrogens is 1. The van der Waals surface area contributed by atoms with Gasteiger partial charge in [0.15, 0.2) is 10.7 Å². The Kier molecular flexibility index (Phi) is 7.68. The molecule has 1 unspecified atom stereocenters. The van der Waals surface area contributed by atoms with Gasteiger partial charge in [-0.2, -0.15) is 0 Å². The Morgan fingerprint density at radius 3 is 2.57 bits per heavy atom. The number of anilines is 1. The first-order chi connectivity index (χ1) is 16.9. The van der Waals surface area contributed by atoms with Crippen LogP contribution in [0.3, 0.4) is 0 Å². The fourth-order valence-electron chi connectivity index (χ4n) is 3.56. The zero-order valence-electron chi connectivity index (χ0n) is 19.7. The van der Waals surface area contributed by atoms with E-state index in [4.69, 9.17) is 33.0 Å². The molecule has 0 aliphatic heterocycles. The third kappa shape index (κ3) is 5.81. The summed E-state index contributed by atoms with van der Waals surface area (Å²) in [7, 11) is 0. The molecule has 0 fully saturated rings.